The molecule has 3 rings (SSSR count). The Bertz CT molecular complexity index is 566. The largest absolute Gasteiger partial charge is 0.301 e. The Morgan fingerprint density at radius 2 is 2.04 bits per heavy atom. The average Bonchev–Trinajstić information content (AvgIpc) is 3.09. The molecule has 23 heavy (non-hydrogen) atoms. The lowest BCUT2D eigenvalue weighted by Crippen LogP contribution is -2.48. The molecule has 2 aromatic rings. The van der Waals surface area contributed by atoms with Gasteiger partial charge >= 0.3 is 0 Å². The Balaban J connectivity index is 1.47. The summed E-state index contributed by atoms with van der Waals surface area (Å²) in [4.78, 5) is 5.13. The normalized spacial score (nSPS) is 22.6. The Labute approximate surface area is 139 Å². The fourth-order valence-corrected chi connectivity index (χ4v) is 3.52. The van der Waals surface area contributed by atoms with Gasteiger partial charge in [-0.25, -0.2) is 0 Å². The number of rotatable bonds is 6. The molecule has 2 atom stereocenters. The van der Waals surface area contributed by atoms with Gasteiger partial charge in [0.05, 0.1) is 6.54 Å². The van der Waals surface area contributed by atoms with E-state index >= 15 is 0 Å². The van der Waals surface area contributed by atoms with Gasteiger partial charge < -0.3 is 4.90 Å². The molecule has 0 bridgehead atoms. The standard InChI is InChI=1S/C19H28N4/c1-17-15-19(21(2)13-14-23-11-6-10-20-23)9-12-22(17)16-18-7-4-3-5-8-18/h3-8,10-11,17,19H,9,12-16H2,1-2H3/t17-,19-/m0/s1. The van der Waals surface area contributed by atoms with Gasteiger partial charge in [0.25, 0.3) is 0 Å². The van der Waals surface area contributed by atoms with E-state index in [2.05, 4.69) is 59.2 Å². The van der Waals surface area contributed by atoms with Crippen LogP contribution in [0.25, 0.3) is 0 Å². The lowest BCUT2D eigenvalue weighted by Gasteiger charge is -2.41. The number of likely N-dealkylation sites (tertiary alicyclic amines) is 1. The van der Waals surface area contributed by atoms with Crippen LogP contribution >= 0.6 is 0 Å². The number of likely N-dealkylation sites (N-methyl/N-ethyl adjacent to an activating group) is 1. The lowest BCUT2D eigenvalue weighted by atomic mass is 9.96. The van der Waals surface area contributed by atoms with Gasteiger partial charge in [0, 0.05) is 44.1 Å². The molecule has 0 radical (unpaired) electrons. The number of aromatic nitrogens is 2. The van der Waals surface area contributed by atoms with Gasteiger partial charge in [-0.05, 0) is 38.4 Å². The first-order valence-electron chi connectivity index (χ1n) is 8.68. The van der Waals surface area contributed by atoms with E-state index in [4.69, 9.17) is 0 Å². The SMILES string of the molecule is C[C@H]1C[C@@H](N(C)CCn2cccn2)CCN1Cc1ccccc1. The highest BCUT2D eigenvalue weighted by Crippen LogP contribution is 2.22. The number of hydrogen-bond donors (Lipinski definition) is 0. The minimum Gasteiger partial charge on any atom is -0.301 e. The second-order valence-corrected chi connectivity index (χ2v) is 6.73. The monoisotopic (exact) mass is 312 g/mol. The number of piperidine rings is 1. The van der Waals surface area contributed by atoms with E-state index in [1.165, 1.54) is 24.9 Å². The molecular formula is C19H28N4. The van der Waals surface area contributed by atoms with Gasteiger partial charge in [0.1, 0.15) is 0 Å². The summed E-state index contributed by atoms with van der Waals surface area (Å²) >= 11 is 0. The molecule has 1 aromatic carbocycles. The highest BCUT2D eigenvalue weighted by molar-refractivity contribution is 5.14. The number of benzene rings is 1. The highest BCUT2D eigenvalue weighted by atomic mass is 15.3. The highest BCUT2D eigenvalue weighted by Gasteiger charge is 2.27. The summed E-state index contributed by atoms with van der Waals surface area (Å²) in [5.41, 5.74) is 1.42. The van der Waals surface area contributed by atoms with Crippen molar-refractivity contribution in [2.75, 3.05) is 20.1 Å². The summed E-state index contributed by atoms with van der Waals surface area (Å²) in [6.45, 7) is 6.68. The third kappa shape index (κ3) is 4.43. The van der Waals surface area contributed by atoms with Gasteiger partial charge in [-0.2, -0.15) is 5.10 Å². The Morgan fingerprint density at radius 3 is 2.74 bits per heavy atom. The van der Waals surface area contributed by atoms with Crippen molar-refractivity contribution in [3.8, 4) is 0 Å². The van der Waals surface area contributed by atoms with E-state index in [0.717, 1.165) is 19.6 Å². The van der Waals surface area contributed by atoms with E-state index in [0.29, 0.717) is 12.1 Å². The van der Waals surface area contributed by atoms with Gasteiger partial charge in [0.15, 0.2) is 0 Å². The van der Waals surface area contributed by atoms with Crippen molar-refractivity contribution in [2.24, 2.45) is 0 Å². The van der Waals surface area contributed by atoms with Crippen molar-refractivity contribution in [1.29, 1.82) is 0 Å². The molecule has 0 N–H and O–H groups in total. The lowest BCUT2D eigenvalue weighted by molar-refractivity contribution is 0.0784. The molecule has 1 saturated heterocycles. The second-order valence-electron chi connectivity index (χ2n) is 6.73. The smallest absolute Gasteiger partial charge is 0.0536 e. The molecule has 0 unspecified atom stereocenters. The summed E-state index contributed by atoms with van der Waals surface area (Å²) in [5, 5.41) is 4.29. The maximum absolute atomic E-state index is 4.29. The summed E-state index contributed by atoms with van der Waals surface area (Å²) in [6, 6.07) is 14.1. The molecule has 2 heterocycles. The first kappa shape index (κ1) is 16.2. The van der Waals surface area contributed by atoms with Gasteiger partial charge in [-0.15, -0.1) is 0 Å². The van der Waals surface area contributed by atoms with Crippen LogP contribution in [0.1, 0.15) is 25.3 Å². The molecule has 0 saturated carbocycles. The van der Waals surface area contributed by atoms with Crippen LogP contribution < -0.4 is 0 Å². The average molecular weight is 312 g/mol. The zero-order valence-corrected chi connectivity index (χ0v) is 14.3. The van der Waals surface area contributed by atoms with Crippen molar-refractivity contribution in [3.63, 3.8) is 0 Å². The number of nitrogens with zero attached hydrogens (tertiary/aromatic N) is 4. The first-order chi connectivity index (χ1) is 11.2. The van der Waals surface area contributed by atoms with E-state index in [1.54, 1.807) is 0 Å². The Hall–Kier alpha value is -1.65. The molecule has 1 aliphatic heterocycles. The minimum atomic E-state index is 0.640. The van der Waals surface area contributed by atoms with Crippen LogP contribution in [-0.4, -0.2) is 51.8 Å². The van der Waals surface area contributed by atoms with Crippen molar-refractivity contribution < 1.29 is 0 Å². The van der Waals surface area contributed by atoms with Gasteiger partial charge in [-0.3, -0.25) is 9.58 Å². The summed E-state index contributed by atoms with van der Waals surface area (Å²) in [6.07, 6.45) is 6.40. The molecule has 4 nitrogen and oxygen atoms in total. The van der Waals surface area contributed by atoms with Gasteiger partial charge in [-0.1, -0.05) is 30.3 Å². The first-order valence-corrected chi connectivity index (χ1v) is 8.68. The molecular weight excluding hydrogens is 284 g/mol. The summed E-state index contributed by atoms with van der Waals surface area (Å²) < 4.78 is 2.02. The maximum Gasteiger partial charge on any atom is 0.0536 e. The minimum absolute atomic E-state index is 0.640. The molecule has 1 fully saturated rings. The van der Waals surface area contributed by atoms with Gasteiger partial charge in [0.2, 0.25) is 0 Å². The van der Waals surface area contributed by atoms with E-state index in [-0.39, 0.29) is 0 Å². The predicted octanol–water partition coefficient (Wildman–Crippen LogP) is 2.87. The molecule has 1 aromatic heterocycles. The molecule has 124 valence electrons. The van der Waals surface area contributed by atoms with Crippen LogP contribution in [0.4, 0.5) is 0 Å². The van der Waals surface area contributed by atoms with Crippen molar-refractivity contribution >= 4 is 0 Å². The Morgan fingerprint density at radius 1 is 1.22 bits per heavy atom. The molecule has 4 heteroatoms. The van der Waals surface area contributed by atoms with Crippen LogP contribution in [-0.2, 0) is 13.1 Å². The Kier molecular flexibility index (Phi) is 5.47. The van der Waals surface area contributed by atoms with Crippen LogP contribution in [0, 0.1) is 0 Å². The topological polar surface area (TPSA) is 24.3 Å². The van der Waals surface area contributed by atoms with Crippen LogP contribution in [0.15, 0.2) is 48.8 Å². The molecule has 0 aliphatic carbocycles. The van der Waals surface area contributed by atoms with Crippen LogP contribution in [0.2, 0.25) is 0 Å². The molecule has 1 aliphatic rings. The van der Waals surface area contributed by atoms with E-state index in [1.807, 2.05) is 23.1 Å². The molecule has 0 amide bonds. The maximum atomic E-state index is 4.29. The van der Waals surface area contributed by atoms with Crippen molar-refractivity contribution in [2.45, 2.75) is 44.9 Å². The van der Waals surface area contributed by atoms with E-state index in [9.17, 15) is 0 Å². The third-order valence-electron chi connectivity index (χ3n) is 5.08. The fraction of sp³-hybridized carbons (Fsp3) is 0.526. The predicted molar refractivity (Wildman–Crippen MR) is 94.2 cm³/mol. The quantitative estimate of drug-likeness (QED) is 0.820. The second kappa shape index (κ2) is 7.75. The van der Waals surface area contributed by atoms with E-state index < -0.39 is 0 Å². The zero-order valence-electron chi connectivity index (χ0n) is 14.3. The van der Waals surface area contributed by atoms with Crippen molar-refractivity contribution in [3.05, 3.63) is 54.4 Å². The number of hydrogen-bond acceptors (Lipinski definition) is 3. The van der Waals surface area contributed by atoms with Crippen LogP contribution in [0.3, 0.4) is 0 Å². The molecule has 0 spiro atoms. The van der Waals surface area contributed by atoms with Crippen LogP contribution in [0.5, 0.6) is 0 Å². The summed E-state index contributed by atoms with van der Waals surface area (Å²) in [5.74, 6) is 0. The summed E-state index contributed by atoms with van der Waals surface area (Å²) in [7, 11) is 2.26. The third-order valence-corrected chi connectivity index (χ3v) is 5.08. The van der Waals surface area contributed by atoms with Crippen molar-refractivity contribution in [1.82, 2.24) is 19.6 Å². The zero-order chi connectivity index (χ0) is 16.1. The fourth-order valence-electron chi connectivity index (χ4n) is 3.52.